The van der Waals surface area contributed by atoms with Crippen LogP contribution in [0.25, 0.3) is 10.9 Å². The Hall–Kier alpha value is -2.55. The molecule has 0 radical (unpaired) electrons. The number of hydrogen-bond donors (Lipinski definition) is 0. The Balaban J connectivity index is 1.36. The third-order valence-electron chi connectivity index (χ3n) is 7.85. The van der Waals surface area contributed by atoms with Crippen molar-refractivity contribution in [1.29, 1.82) is 0 Å². The molecule has 2 aromatic rings. The molecule has 5 rings (SSSR count). The second-order valence-corrected chi connectivity index (χ2v) is 14.0. The number of likely N-dealkylation sites (tertiary alicyclic amines) is 1. The maximum Gasteiger partial charge on any atom is 0.410 e. The van der Waals surface area contributed by atoms with Crippen LogP contribution < -0.4 is 9.64 Å². The summed E-state index contributed by atoms with van der Waals surface area (Å²) >= 11 is 6.00. The fourth-order valence-electron chi connectivity index (χ4n) is 5.86. The first-order valence-corrected chi connectivity index (χ1v) is 15.9. The minimum absolute atomic E-state index is 0.000165. The second-order valence-electron chi connectivity index (χ2n) is 12.0. The van der Waals surface area contributed by atoms with Crippen molar-refractivity contribution < 1.29 is 31.3 Å². The van der Waals surface area contributed by atoms with E-state index in [1.54, 1.807) is 0 Å². The van der Waals surface area contributed by atoms with E-state index in [9.17, 15) is 13.2 Å². The molecular formula is C26H36ClFN6O6S. The summed E-state index contributed by atoms with van der Waals surface area (Å²) in [6, 6.07) is -0.280. The van der Waals surface area contributed by atoms with Crippen molar-refractivity contribution >= 4 is 44.5 Å². The molecule has 3 aliphatic heterocycles. The normalized spacial score (nSPS) is 25.2. The third-order valence-corrected chi connectivity index (χ3v) is 8.68. The van der Waals surface area contributed by atoms with Crippen LogP contribution >= 0.6 is 11.6 Å². The number of aromatic nitrogens is 3. The first kappa shape index (κ1) is 29.9. The smallest absolute Gasteiger partial charge is 0.410 e. The molecule has 0 saturated carbocycles. The lowest BCUT2D eigenvalue weighted by molar-refractivity contribution is 0.0122. The number of ether oxygens (including phenoxy) is 2. The Morgan fingerprint density at radius 2 is 1.73 bits per heavy atom. The van der Waals surface area contributed by atoms with Gasteiger partial charge in [0.1, 0.15) is 23.5 Å². The monoisotopic (exact) mass is 614 g/mol. The number of hydrogen-bond acceptors (Lipinski definition) is 11. The summed E-state index contributed by atoms with van der Waals surface area (Å²) < 4.78 is 54.6. The van der Waals surface area contributed by atoms with Gasteiger partial charge in [-0.2, -0.15) is 18.4 Å². The quantitative estimate of drug-likeness (QED) is 0.337. The van der Waals surface area contributed by atoms with Gasteiger partial charge in [-0.1, -0.05) is 11.6 Å². The Morgan fingerprint density at radius 3 is 2.34 bits per heavy atom. The highest BCUT2D eigenvalue weighted by Crippen LogP contribution is 2.37. The van der Waals surface area contributed by atoms with E-state index < -0.39 is 21.5 Å². The third kappa shape index (κ3) is 6.60. The van der Waals surface area contributed by atoms with Crippen LogP contribution in [0.5, 0.6) is 6.01 Å². The summed E-state index contributed by atoms with van der Waals surface area (Å²) in [5, 5.41) is 0.104. The Bertz CT molecular complexity index is 1410. The van der Waals surface area contributed by atoms with Crippen molar-refractivity contribution in [1.82, 2.24) is 24.8 Å². The van der Waals surface area contributed by atoms with Crippen LogP contribution in [-0.4, -0.2) is 109 Å². The van der Waals surface area contributed by atoms with E-state index in [0.29, 0.717) is 24.3 Å². The van der Waals surface area contributed by atoms with Gasteiger partial charge in [-0.05, 0) is 53.5 Å². The van der Waals surface area contributed by atoms with Gasteiger partial charge < -0.3 is 14.4 Å². The summed E-state index contributed by atoms with van der Waals surface area (Å²) in [6.45, 7) is 6.79. The number of rotatable bonds is 7. The largest absolute Gasteiger partial charge is 0.462 e. The molecule has 0 N–H and O–H groups in total. The fourth-order valence-corrected chi connectivity index (χ4v) is 6.40. The molecule has 4 atom stereocenters. The zero-order valence-corrected chi connectivity index (χ0v) is 25.4. The zero-order chi connectivity index (χ0) is 29.7. The van der Waals surface area contributed by atoms with E-state index in [1.165, 1.54) is 6.20 Å². The maximum atomic E-state index is 15.2. The molecule has 0 spiro atoms. The highest BCUT2D eigenvalue weighted by molar-refractivity contribution is 7.85. The number of amides is 1. The summed E-state index contributed by atoms with van der Waals surface area (Å²) in [4.78, 5) is 31.8. The first-order chi connectivity index (χ1) is 19.2. The molecule has 226 valence electrons. The molecule has 12 nitrogen and oxygen atoms in total. The van der Waals surface area contributed by atoms with Gasteiger partial charge in [-0.3, -0.25) is 14.0 Å². The van der Waals surface area contributed by atoms with Crippen LogP contribution in [0.3, 0.4) is 0 Å². The van der Waals surface area contributed by atoms with Crippen molar-refractivity contribution in [2.75, 3.05) is 44.5 Å². The van der Waals surface area contributed by atoms with Gasteiger partial charge in [0.2, 0.25) is 0 Å². The molecule has 41 heavy (non-hydrogen) atoms. The number of carbonyl (C=O) groups excluding carboxylic acids is 1. The Labute approximate surface area is 244 Å². The fraction of sp³-hybridized carbons (Fsp3) is 0.692. The topological polar surface area (TPSA) is 127 Å². The van der Waals surface area contributed by atoms with Crippen molar-refractivity contribution in [3.05, 3.63) is 17.2 Å². The van der Waals surface area contributed by atoms with Crippen LogP contribution in [0.1, 0.15) is 46.5 Å². The average molecular weight is 615 g/mol. The molecule has 5 heterocycles. The molecule has 0 aromatic carbocycles. The highest BCUT2D eigenvalue weighted by atomic mass is 35.5. The molecule has 3 saturated heterocycles. The molecule has 3 fully saturated rings. The minimum atomic E-state index is -3.53. The van der Waals surface area contributed by atoms with Crippen LogP contribution in [-0.2, 0) is 19.0 Å². The first-order valence-electron chi connectivity index (χ1n) is 13.7. The van der Waals surface area contributed by atoms with Crippen molar-refractivity contribution in [2.24, 2.45) is 0 Å². The van der Waals surface area contributed by atoms with Crippen molar-refractivity contribution in [3.63, 3.8) is 0 Å². The lowest BCUT2D eigenvalue weighted by Gasteiger charge is -2.42. The van der Waals surface area contributed by atoms with E-state index >= 15 is 4.39 Å². The predicted molar refractivity (Wildman–Crippen MR) is 150 cm³/mol. The Kier molecular flexibility index (Phi) is 8.22. The SMILES string of the molecule is CN1C(COc2nc(N3CC4CCC(C3)N4C(=O)OC(C)(C)C)c3cnc(Cl)c(F)c3n2)CCC1COS(C)(=O)=O. The average Bonchev–Trinajstić information content (AvgIpc) is 3.37. The van der Waals surface area contributed by atoms with E-state index in [1.807, 2.05) is 42.5 Å². The van der Waals surface area contributed by atoms with Crippen molar-refractivity contribution in [2.45, 2.75) is 76.2 Å². The summed E-state index contributed by atoms with van der Waals surface area (Å²) in [7, 11) is -1.65. The van der Waals surface area contributed by atoms with E-state index in [0.717, 1.165) is 31.9 Å². The highest BCUT2D eigenvalue weighted by Gasteiger charge is 2.45. The molecule has 1 amide bonds. The van der Waals surface area contributed by atoms with Gasteiger partial charge in [0, 0.05) is 31.4 Å². The number of pyridine rings is 1. The zero-order valence-electron chi connectivity index (χ0n) is 23.8. The molecule has 2 bridgehead atoms. The van der Waals surface area contributed by atoms with Crippen LogP contribution in [0.4, 0.5) is 15.0 Å². The molecule has 15 heteroatoms. The number of nitrogens with zero attached hydrogens (tertiary/aromatic N) is 6. The van der Waals surface area contributed by atoms with E-state index in [-0.39, 0.29) is 60.2 Å². The van der Waals surface area contributed by atoms with Gasteiger partial charge in [0.25, 0.3) is 10.1 Å². The number of piperazine rings is 1. The van der Waals surface area contributed by atoms with Crippen molar-refractivity contribution in [3.8, 4) is 6.01 Å². The van der Waals surface area contributed by atoms with Crippen LogP contribution in [0, 0.1) is 5.82 Å². The lowest BCUT2D eigenvalue weighted by Crippen LogP contribution is -2.57. The van der Waals surface area contributed by atoms with E-state index in [2.05, 4.69) is 15.0 Å². The van der Waals surface area contributed by atoms with E-state index in [4.69, 9.17) is 25.3 Å². The molecule has 4 unspecified atom stereocenters. The number of fused-ring (bicyclic) bond motifs is 3. The number of halogens is 2. The summed E-state index contributed by atoms with van der Waals surface area (Å²) in [6.07, 6.45) is 5.30. The van der Waals surface area contributed by atoms with Gasteiger partial charge in [0.15, 0.2) is 11.0 Å². The van der Waals surface area contributed by atoms with Crippen LogP contribution in [0.15, 0.2) is 6.20 Å². The van der Waals surface area contributed by atoms with Gasteiger partial charge in [0.05, 0.1) is 30.3 Å². The molecule has 0 aliphatic carbocycles. The molecule has 2 aromatic heterocycles. The van der Waals surface area contributed by atoms with Gasteiger partial charge >= 0.3 is 12.1 Å². The standard InChI is InChI=1S/C26H36ClFN6O6S/c1-26(2,3)40-25(35)34-15-6-7-16(34)12-33(11-15)23-19-10-29-22(27)20(28)21(19)30-24(31-23)38-13-17-8-9-18(32(17)4)14-39-41(5,36)37/h10,15-18H,6-9,11-14H2,1-5H3. The number of carbonyl (C=O) groups is 1. The Morgan fingerprint density at radius 1 is 1.10 bits per heavy atom. The lowest BCUT2D eigenvalue weighted by atomic mass is 10.1. The number of anilines is 1. The van der Waals surface area contributed by atoms with Gasteiger partial charge in [-0.15, -0.1) is 0 Å². The number of likely N-dealkylation sites (N-methyl/N-ethyl adjacent to an activating group) is 1. The van der Waals surface area contributed by atoms with Crippen LogP contribution in [0.2, 0.25) is 5.15 Å². The second kappa shape index (κ2) is 11.3. The minimum Gasteiger partial charge on any atom is -0.462 e. The van der Waals surface area contributed by atoms with Gasteiger partial charge in [-0.25, -0.2) is 14.2 Å². The molecular weight excluding hydrogens is 579 g/mol. The summed E-state index contributed by atoms with van der Waals surface area (Å²) in [5.41, 5.74) is -0.592. The predicted octanol–water partition coefficient (Wildman–Crippen LogP) is 3.22. The summed E-state index contributed by atoms with van der Waals surface area (Å²) in [5.74, 6) is -0.294. The molecule has 3 aliphatic rings. The maximum absolute atomic E-state index is 15.2.